The number of nitrogens with two attached hydrogens (primary N) is 1. The van der Waals surface area contributed by atoms with Crippen LogP contribution in [0.5, 0.6) is 0 Å². The van der Waals surface area contributed by atoms with Crippen molar-refractivity contribution >= 4 is 5.91 Å². The minimum atomic E-state index is -0.0981. The molecule has 0 saturated heterocycles. The van der Waals surface area contributed by atoms with Crippen LogP contribution in [-0.4, -0.2) is 58.6 Å². The average Bonchev–Trinajstić information content (AvgIpc) is 2.92. The minimum absolute atomic E-state index is 0.0981. The summed E-state index contributed by atoms with van der Waals surface area (Å²) < 4.78 is 6.68. The molecule has 1 amide bonds. The molecule has 0 spiro atoms. The second kappa shape index (κ2) is 8.65. The molecular formula is C13H25N5O2. The SMILES string of the molecule is CCC(CC)N(CCOC)C(=O)c1cn(CCN)nn1. The summed E-state index contributed by atoms with van der Waals surface area (Å²) in [4.78, 5) is 14.4. The number of methoxy groups -OCH3 is 1. The van der Waals surface area contributed by atoms with Gasteiger partial charge in [0.15, 0.2) is 5.69 Å². The van der Waals surface area contributed by atoms with Crippen LogP contribution in [-0.2, 0) is 11.3 Å². The summed E-state index contributed by atoms with van der Waals surface area (Å²) in [5.41, 5.74) is 5.82. The molecule has 20 heavy (non-hydrogen) atoms. The predicted molar refractivity (Wildman–Crippen MR) is 76.4 cm³/mol. The van der Waals surface area contributed by atoms with Gasteiger partial charge in [-0.2, -0.15) is 0 Å². The third kappa shape index (κ3) is 4.28. The molecule has 0 aromatic carbocycles. The second-order valence-electron chi connectivity index (χ2n) is 4.62. The minimum Gasteiger partial charge on any atom is -0.383 e. The summed E-state index contributed by atoms with van der Waals surface area (Å²) in [6.45, 7) is 6.25. The second-order valence-corrected chi connectivity index (χ2v) is 4.62. The number of nitrogens with zero attached hydrogens (tertiary/aromatic N) is 4. The van der Waals surface area contributed by atoms with Crippen LogP contribution in [0.15, 0.2) is 6.20 Å². The number of amides is 1. The molecule has 0 radical (unpaired) electrons. The fourth-order valence-corrected chi connectivity index (χ4v) is 2.15. The molecule has 2 N–H and O–H groups in total. The smallest absolute Gasteiger partial charge is 0.276 e. The van der Waals surface area contributed by atoms with Crippen LogP contribution < -0.4 is 5.73 Å². The summed E-state index contributed by atoms with van der Waals surface area (Å²) >= 11 is 0. The normalized spacial score (nSPS) is 11.1. The number of hydrogen-bond acceptors (Lipinski definition) is 5. The topological polar surface area (TPSA) is 86.3 Å². The number of carbonyl (C=O) groups excluding carboxylic acids is 1. The van der Waals surface area contributed by atoms with Crippen molar-refractivity contribution in [1.29, 1.82) is 0 Å². The van der Waals surface area contributed by atoms with E-state index < -0.39 is 0 Å². The Morgan fingerprint density at radius 2 is 2.20 bits per heavy atom. The summed E-state index contributed by atoms with van der Waals surface area (Å²) in [6, 6.07) is 0.192. The molecule has 0 fully saturated rings. The molecule has 0 aliphatic rings. The fourth-order valence-electron chi connectivity index (χ4n) is 2.15. The Bertz CT molecular complexity index is 403. The number of ether oxygens (including phenoxy) is 1. The van der Waals surface area contributed by atoms with Crippen molar-refractivity contribution in [3.63, 3.8) is 0 Å². The highest BCUT2D eigenvalue weighted by Gasteiger charge is 2.24. The molecule has 1 aromatic heterocycles. The zero-order valence-electron chi connectivity index (χ0n) is 12.6. The Labute approximate surface area is 120 Å². The zero-order chi connectivity index (χ0) is 15.0. The quantitative estimate of drug-likeness (QED) is 0.714. The Kier molecular flexibility index (Phi) is 7.17. The van der Waals surface area contributed by atoms with Crippen molar-refractivity contribution in [3.05, 3.63) is 11.9 Å². The summed E-state index contributed by atoms with van der Waals surface area (Å²) in [5.74, 6) is -0.0981. The Balaban J connectivity index is 2.84. The van der Waals surface area contributed by atoms with Gasteiger partial charge in [0.1, 0.15) is 0 Å². The molecule has 0 saturated carbocycles. The molecule has 1 rings (SSSR count). The first-order valence-corrected chi connectivity index (χ1v) is 7.07. The molecule has 0 bridgehead atoms. The van der Waals surface area contributed by atoms with Gasteiger partial charge in [-0.05, 0) is 12.8 Å². The molecule has 7 nitrogen and oxygen atoms in total. The van der Waals surface area contributed by atoms with Crippen molar-refractivity contribution in [2.75, 3.05) is 26.8 Å². The molecular weight excluding hydrogens is 258 g/mol. The largest absolute Gasteiger partial charge is 0.383 e. The highest BCUT2D eigenvalue weighted by Crippen LogP contribution is 2.12. The number of carbonyl (C=O) groups is 1. The van der Waals surface area contributed by atoms with Gasteiger partial charge in [-0.1, -0.05) is 19.1 Å². The molecule has 114 valence electrons. The van der Waals surface area contributed by atoms with Gasteiger partial charge in [0, 0.05) is 26.2 Å². The Morgan fingerprint density at radius 1 is 1.50 bits per heavy atom. The van der Waals surface area contributed by atoms with Gasteiger partial charge < -0.3 is 15.4 Å². The van der Waals surface area contributed by atoms with E-state index in [1.165, 1.54) is 0 Å². The number of aromatic nitrogens is 3. The van der Waals surface area contributed by atoms with Crippen LogP contribution >= 0.6 is 0 Å². The highest BCUT2D eigenvalue weighted by molar-refractivity contribution is 5.92. The van der Waals surface area contributed by atoms with Crippen LogP contribution in [0.4, 0.5) is 0 Å². The van der Waals surface area contributed by atoms with E-state index in [0.717, 1.165) is 12.8 Å². The van der Waals surface area contributed by atoms with E-state index in [2.05, 4.69) is 24.2 Å². The van der Waals surface area contributed by atoms with Crippen LogP contribution in [0.3, 0.4) is 0 Å². The number of hydrogen-bond donors (Lipinski definition) is 1. The molecule has 0 aliphatic carbocycles. The van der Waals surface area contributed by atoms with Gasteiger partial charge in [-0.15, -0.1) is 5.10 Å². The fraction of sp³-hybridized carbons (Fsp3) is 0.769. The van der Waals surface area contributed by atoms with Gasteiger partial charge in [-0.25, -0.2) is 0 Å². The van der Waals surface area contributed by atoms with E-state index in [-0.39, 0.29) is 11.9 Å². The Morgan fingerprint density at radius 3 is 2.75 bits per heavy atom. The first kappa shape index (κ1) is 16.6. The lowest BCUT2D eigenvalue weighted by atomic mass is 10.1. The maximum atomic E-state index is 12.6. The summed E-state index contributed by atoms with van der Waals surface area (Å²) in [6.07, 6.45) is 3.46. The van der Waals surface area contributed by atoms with Crippen molar-refractivity contribution in [2.45, 2.75) is 39.3 Å². The van der Waals surface area contributed by atoms with Crippen LogP contribution in [0.25, 0.3) is 0 Å². The van der Waals surface area contributed by atoms with Crippen molar-refractivity contribution in [1.82, 2.24) is 19.9 Å². The summed E-state index contributed by atoms with van der Waals surface area (Å²) in [5, 5.41) is 7.85. The van der Waals surface area contributed by atoms with E-state index in [1.807, 2.05) is 4.90 Å². The van der Waals surface area contributed by atoms with Crippen molar-refractivity contribution in [3.8, 4) is 0 Å². The van der Waals surface area contributed by atoms with Gasteiger partial charge in [0.2, 0.25) is 0 Å². The lowest BCUT2D eigenvalue weighted by molar-refractivity contribution is 0.0583. The monoisotopic (exact) mass is 283 g/mol. The Hall–Kier alpha value is -1.47. The molecule has 0 unspecified atom stereocenters. The highest BCUT2D eigenvalue weighted by atomic mass is 16.5. The zero-order valence-corrected chi connectivity index (χ0v) is 12.6. The molecule has 7 heteroatoms. The standard InChI is InChI=1S/C13H25N5O2/c1-4-11(5-2)18(8-9-20-3)13(19)12-10-17(7-6-14)16-15-12/h10-11H,4-9,14H2,1-3H3. The molecule has 1 aromatic rings. The van der Waals surface area contributed by atoms with Crippen molar-refractivity contribution < 1.29 is 9.53 Å². The predicted octanol–water partition coefficient (Wildman–Crippen LogP) is 0.514. The van der Waals surface area contributed by atoms with E-state index in [1.54, 1.807) is 18.0 Å². The van der Waals surface area contributed by atoms with E-state index >= 15 is 0 Å². The lowest BCUT2D eigenvalue weighted by Crippen LogP contribution is -2.42. The van der Waals surface area contributed by atoms with Crippen LogP contribution in [0, 0.1) is 0 Å². The van der Waals surface area contributed by atoms with E-state index in [4.69, 9.17) is 10.5 Å². The molecule has 1 heterocycles. The van der Waals surface area contributed by atoms with Gasteiger partial charge in [0.05, 0.1) is 19.3 Å². The van der Waals surface area contributed by atoms with E-state index in [0.29, 0.717) is 31.9 Å². The molecule has 0 atom stereocenters. The maximum Gasteiger partial charge on any atom is 0.276 e. The van der Waals surface area contributed by atoms with Gasteiger partial charge in [-0.3, -0.25) is 9.48 Å². The van der Waals surface area contributed by atoms with Crippen molar-refractivity contribution in [2.24, 2.45) is 5.73 Å². The maximum absolute atomic E-state index is 12.6. The third-order valence-electron chi connectivity index (χ3n) is 3.30. The average molecular weight is 283 g/mol. The van der Waals surface area contributed by atoms with Gasteiger partial charge in [0.25, 0.3) is 5.91 Å². The van der Waals surface area contributed by atoms with Gasteiger partial charge >= 0.3 is 0 Å². The lowest BCUT2D eigenvalue weighted by Gasteiger charge is -2.29. The van der Waals surface area contributed by atoms with Crippen LogP contribution in [0.1, 0.15) is 37.2 Å². The van der Waals surface area contributed by atoms with Crippen LogP contribution in [0.2, 0.25) is 0 Å². The third-order valence-corrected chi connectivity index (χ3v) is 3.30. The summed E-state index contributed by atoms with van der Waals surface area (Å²) in [7, 11) is 1.63. The first-order valence-electron chi connectivity index (χ1n) is 7.07. The molecule has 0 aliphatic heterocycles. The van der Waals surface area contributed by atoms with E-state index in [9.17, 15) is 4.79 Å². The first-order chi connectivity index (χ1) is 9.67. The number of rotatable bonds is 9.